The van der Waals surface area contributed by atoms with E-state index in [0.717, 1.165) is 173 Å². The first-order chi connectivity index (χ1) is 46.0. The molecule has 2 unspecified atom stereocenters. The summed E-state index contributed by atoms with van der Waals surface area (Å²) in [4.78, 5) is 38.1. The topological polar surface area (TPSA) is 111 Å². The summed E-state index contributed by atoms with van der Waals surface area (Å²) >= 11 is 0. The maximum atomic E-state index is 12.9. The van der Waals surface area contributed by atoms with Gasteiger partial charge in [0, 0.05) is 12.8 Å². The first-order valence-electron chi connectivity index (χ1n) is 36.4. The Morgan fingerprint density at radius 1 is 0.330 bits per heavy atom. The number of allylic oxidation sites excluding steroid dienone is 36. The number of quaternary nitrogens is 1. The number of ether oxygens (including phenoxy) is 2. The molecule has 2 atom stereocenters. The lowest BCUT2D eigenvalue weighted by Gasteiger charge is -2.28. The van der Waals surface area contributed by atoms with E-state index in [2.05, 4.69) is 233 Å². The zero-order valence-electron chi connectivity index (χ0n) is 59.8. The van der Waals surface area contributed by atoms with E-state index >= 15 is 0 Å². The summed E-state index contributed by atoms with van der Waals surface area (Å²) in [6.07, 6.45) is 114. The highest BCUT2D eigenvalue weighted by Crippen LogP contribution is 2.38. The molecule has 0 aliphatic heterocycles. The molecule has 0 saturated carbocycles. The van der Waals surface area contributed by atoms with Crippen LogP contribution in [0.5, 0.6) is 0 Å². The summed E-state index contributed by atoms with van der Waals surface area (Å²) in [7, 11) is 1.12. The van der Waals surface area contributed by atoms with E-state index in [-0.39, 0.29) is 26.1 Å². The second-order valence-corrected chi connectivity index (χ2v) is 25.9. The molecule has 0 aromatic carbocycles. The van der Waals surface area contributed by atoms with Gasteiger partial charge in [-0.25, -0.2) is 0 Å². The lowest BCUT2D eigenvalue weighted by Crippen LogP contribution is -2.37. The molecule has 0 aromatic rings. The van der Waals surface area contributed by atoms with Gasteiger partial charge in [-0.05, 0) is 154 Å². The maximum absolute atomic E-state index is 12.9. The molecule has 0 radical (unpaired) electrons. The molecule has 0 aliphatic rings. The van der Waals surface area contributed by atoms with Gasteiger partial charge in [0.05, 0.1) is 27.7 Å². The third-order valence-corrected chi connectivity index (χ3v) is 15.5. The highest BCUT2D eigenvalue weighted by atomic mass is 31.2. The Bertz CT molecular complexity index is 2390. The van der Waals surface area contributed by atoms with Crippen molar-refractivity contribution in [3.63, 3.8) is 0 Å². The molecule has 0 heterocycles. The molecule has 9 nitrogen and oxygen atoms in total. The van der Waals surface area contributed by atoms with Gasteiger partial charge in [0.1, 0.15) is 19.8 Å². The summed E-state index contributed by atoms with van der Waals surface area (Å²) in [5, 5.41) is 0. The van der Waals surface area contributed by atoms with E-state index in [1.807, 2.05) is 21.1 Å². The maximum Gasteiger partial charge on any atom is 0.306 e. The smallest absolute Gasteiger partial charge is 0.306 e. The van der Waals surface area contributed by atoms with Gasteiger partial charge in [0.2, 0.25) is 0 Å². The van der Waals surface area contributed by atoms with Crippen LogP contribution < -0.4 is 4.89 Å². The van der Waals surface area contributed by atoms with Gasteiger partial charge in [0.15, 0.2) is 6.10 Å². The van der Waals surface area contributed by atoms with Crippen molar-refractivity contribution in [1.82, 2.24) is 0 Å². The normalized spacial score (nSPS) is 14.4. The van der Waals surface area contributed by atoms with Gasteiger partial charge in [-0.15, -0.1) is 0 Å². The third-order valence-electron chi connectivity index (χ3n) is 14.5. The van der Waals surface area contributed by atoms with Crippen molar-refractivity contribution in [3.05, 3.63) is 219 Å². The highest BCUT2D eigenvalue weighted by molar-refractivity contribution is 7.45. The van der Waals surface area contributed by atoms with Gasteiger partial charge in [-0.3, -0.25) is 14.2 Å². The molecule has 0 bridgehead atoms. The van der Waals surface area contributed by atoms with Crippen LogP contribution in [0.4, 0.5) is 0 Å². The van der Waals surface area contributed by atoms with E-state index in [0.29, 0.717) is 23.9 Å². The van der Waals surface area contributed by atoms with Gasteiger partial charge < -0.3 is 27.9 Å². The predicted molar refractivity (Wildman–Crippen MR) is 405 cm³/mol. The van der Waals surface area contributed by atoms with Crippen molar-refractivity contribution in [2.75, 3.05) is 47.5 Å². The van der Waals surface area contributed by atoms with E-state index in [4.69, 9.17) is 18.5 Å². The van der Waals surface area contributed by atoms with Crippen LogP contribution >= 0.6 is 7.82 Å². The summed E-state index contributed by atoms with van der Waals surface area (Å²) in [6.45, 7) is 3.95. The number of carbonyl (C=O) groups excluding carboxylic acids is 2. The number of rotatable bonds is 64. The molecule has 526 valence electrons. The van der Waals surface area contributed by atoms with Crippen molar-refractivity contribution in [1.29, 1.82) is 0 Å². The molecular weight excluding hydrogens is 1180 g/mol. The standard InChI is InChI=1S/C84H132NO8P/c1-6-8-10-12-14-16-18-20-22-24-26-28-30-32-34-36-38-40-41-42-43-45-47-49-51-53-55-57-59-61-63-65-67-69-71-73-75-77-84(87)93-82(81-92-94(88,89)91-79-78-85(3,4)5)80-90-83(86)76-74-72-70-68-66-64-62-60-58-56-54-52-50-48-46-44-39-37-35-33-31-29-27-25-23-21-19-17-15-13-11-9-7-2/h8-11,14-17,20-23,26-29,32-35,38-40,42-44,47-50,53-56,60,62,82H,6-7,12-13,18-19,24-25,30-31,36-37,41,45-46,51-52,57-59,61,63-81H2,1-5H3/b10-8-,11-9-,16-14-,17-15-,22-20-,23-21-,28-26-,29-27-,34-32-,35-33-,40-38-,43-42-,44-39-,49-47-,50-48-,55-53-,56-54-,62-60-. The average Bonchev–Trinajstić information content (AvgIpc) is 1.56. The highest BCUT2D eigenvalue weighted by Gasteiger charge is 2.22. The number of likely N-dealkylation sites (N-methyl/N-ethyl adjacent to an activating group) is 1. The molecule has 0 saturated heterocycles. The summed E-state index contributed by atoms with van der Waals surface area (Å²) < 4.78 is 34.3. The molecule has 0 amide bonds. The van der Waals surface area contributed by atoms with E-state index in [1.54, 1.807) is 0 Å². The van der Waals surface area contributed by atoms with Gasteiger partial charge in [0.25, 0.3) is 7.82 Å². The predicted octanol–water partition coefficient (Wildman–Crippen LogP) is 23.7. The minimum atomic E-state index is -4.67. The molecule has 94 heavy (non-hydrogen) atoms. The monoisotopic (exact) mass is 1310 g/mol. The molecule has 10 heteroatoms. The quantitative estimate of drug-likeness (QED) is 0.0195. The summed E-state index contributed by atoms with van der Waals surface area (Å²) in [5.41, 5.74) is 0. The number of carbonyl (C=O) groups is 2. The number of hydrogen-bond acceptors (Lipinski definition) is 8. The van der Waals surface area contributed by atoms with Crippen molar-refractivity contribution >= 4 is 19.8 Å². The van der Waals surface area contributed by atoms with Crippen LogP contribution in [0.25, 0.3) is 0 Å². The fourth-order valence-corrected chi connectivity index (χ4v) is 9.72. The number of esters is 2. The van der Waals surface area contributed by atoms with Gasteiger partial charge >= 0.3 is 11.9 Å². The molecule has 0 rings (SSSR count). The average molecular weight is 1310 g/mol. The Kier molecular flexibility index (Phi) is 67.3. The summed E-state index contributed by atoms with van der Waals surface area (Å²) in [6, 6.07) is 0. The summed E-state index contributed by atoms with van der Waals surface area (Å²) in [5.74, 6) is -0.879. The van der Waals surface area contributed by atoms with Crippen LogP contribution in [-0.4, -0.2) is 70.0 Å². The third kappa shape index (κ3) is 75.4. The Morgan fingerprint density at radius 3 is 0.851 bits per heavy atom. The van der Waals surface area contributed by atoms with Gasteiger partial charge in [-0.2, -0.15) is 0 Å². The Labute approximate surface area is 576 Å². The van der Waals surface area contributed by atoms with Crippen molar-refractivity contribution in [2.45, 2.75) is 251 Å². The van der Waals surface area contributed by atoms with E-state index < -0.39 is 32.5 Å². The number of phosphoric ester groups is 1. The van der Waals surface area contributed by atoms with Crippen LogP contribution in [0.2, 0.25) is 0 Å². The minimum absolute atomic E-state index is 0.0479. The van der Waals surface area contributed by atoms with Crippen LogP contribution in [0.15, 0.2) is 219 Å². The van der Waals surface area contributed by atoms with Crippen molar-refractivity contribution < 1.29 is 42.1 Å². The number of phosphoric acid groups is 1. The van der Waals surface area contributed by atoms with Crippen molar-refractivity contribution in [2.24, 2.45) is 0 Å². The second kappa shape index (κ2) is 71.6. The Morgan fingerprint density at radius 2 is 0.574 bits per heavy atom. The second-order valence-electron chi connectivity index (χ2n) is 24.5. The first kappa shape index (κ1) is 88.3. The Hall–Kier alpha value is -5.67. The van der Waals surface area contributed by atoms with Crippen LogP contribution in [0.3, 0.4) is 0 Å². The largest absolute Gasteiger partial charge is 0.756 e. The molecule has 0 fully saturated rings. The minimum Gasteiger partial charge on any atom is -0.756 e. The first-order valence-corrected chi connectivity index (χ1v) is 37.9. The fraction of sp³-hybridized carbons (Fsp3) is 0.548. The molecular formula is C84H132NO8P. The zero-order valence-corrected chi connectivity index (χ0v) is 60.7. The number of unbranched alkanes of at least 4 members (excludes halogenated alkanes) is 14. The lowest BCUT2D eigenvalue weighted by molar-refractivity contribution is -0.870. The van der Waals surface area contributed by atoms with Crippen LogP contribution in [0.1, 0.15) is 245 Å². The number of nitrogens with zero attached hydrogens (tertiary/aromatic N) is 1. The van der Waals surface area contributed by atoms with E-state index in [9.17, 15) is 19.0 Å². The van der Waals surface area contributed by atoms with Gasteiger partial charge in [-0.1, -0.05) is 297 Å². The molecule has 0 N–H and O–H groups in total. The van der Waals surface area contributed by atoms with Crippen LogP contribution in [-0.2, 0) is 32.7 Å². The molecule has 0 aromatic heterocycles. The van der Waals surface area contributed by atoms with Crippen LogP contribution in [0, 0.1) is 0 Å². The lowest BCUT2D eigenvalue weighted by atomic mass is 10.1. The van der Waals surface area contributed by atoms with E-state index in [1.165, 1.54) is 32.1 Å². The SMILES string of the molecule is CC/C=C\C/C=C\C/C=C\C/C=C\C/C=C\C/C=C\C/C=C\C/C=C\C/C=C\CCCCCCCCCCCC(=O)OC(COC(=O)CCCCCCC/C=C\C/C=C\C/C=C\C/C=C\C/C=C\C/C=C\C/C=C\C/C=C\C/C=C\CC)COP(=O)([O-])OCC[N+](C)(C)C. The fourth-order valence-electron chi connectivity index (χ4n) is 8.99. The zero-order chi connectivity index (χ0) is 68.3. The van der Waals surface area contributed by atoms with Crippen molar-refractivity contribution in [3.8, 4) is 0 Å². The Balaban J connectivity index is 4.19. The molecule has 0 aliphatic carbocycles. The number of hydrogen-bond donors (Lipinski definition) is 0. The molecule has 0 spiro atoms.